The minimum atomic E-state index is -0.0748. The highest BCUT2D eigenvalue weighted by Gasteiger charge is 2.33. The van der Waals surface area contributed by atoms with Gasteiger partial charge in [0, 0.05) is 19.1 Å². The van der Waals surface area contributed by atoms with Crippen LogP contribution in [0, 0.1) is 0 Å². The lowest BCUT2D eigenvalue weighted by molar-refractivity contribution is 0.305. The summed E-state index contributed by atoms with van der Waals surface area (Å²) in [6.45, 7) is 0.397. The second-order valence-corrected chi connectivity index (χ2v) is 5.92. The fraction of sp³-hybridized carbons (Fsp3) is 0.636. The minimum Gasteiger partial charge on any atom is -0.364 e. The SMILES string of the molecule is [2H]CC1(Nc2nc(Cl)nc3c2SCC3)CCC1. The molecule has 0 amide bonds. The fourth-order valence-electron chi connectivity index (χ4n) is 2.10. The molecular formula is C11H14ClN3S. The molecule has 1 saturated carbocycles. The lowest BCUT2D eigenvalue weighted by Crippen LogP contribution is -2.42. The average Bonchev–Trinajstić information content (AvgIpc) is 2.71. The van der Waals surface area contributed by atoms with Crippen LogP contribution in [0.25, 0.3) is 0 Å². The van der Waals surface area contributed by atoms with Gasteiger partial charge in [-0.25, -0.2) is 4.98 Å². The molecule has 0 aromatic carbocycles. The molecule has 2 aliphatic rings. The number of fused-ring (bicyclic) bond motifs is 1. The summed E-state index contributed by atoms with van der Waals surface area (Å²) in [6.07, 6.45) is 4.26. The van der Waals surface area contributed by atoms with Gasteiger partial charge in [-0.05, 0) is 37.8 Å². The first kappa shape index (κ1) is 9.54. The highest BCUT2D eigenvalue weighted by molar-refractivity contribution is 7.99. The van der Waals surface area contributed by atoms with E-state index < -0.39 is 0 Å². The second-order valence-electron chi connectivity index (χ2n) is 4.47. The summed E-state index contributed by atoms with van der Waals surface area (Å²) in [5.41, 5.74) is 0.978. The Morgan fingerprint density at radius 1 is 1.50 bits per heavy atom. The van der Waals surface area contributed by atoms with E-state index in [1.807, 2.05) is 0 Å². The Kier molecular flexibility index (Phi) is 2.25. The van der Waals surface area contributed by atoms with Crippen LogP contribution in [0.15, 0.2) is 4.90 Å². The van der Waals surface area contributed by atoms with Crippen LogP contribution in [0.2, 0.25) is 5.28 Å². The predicted octanol–water partition coefficient (Wildman–Crippen LogP) is 3.13. The van der Waals surface area contributed by atoms with Crippen molar-refractivity contribution >= 4 is 29.2 Å². The van der Waals surface area contributed by atoms with Crippen molar-refractivity contribution in [2.75, 3.05) is 11.1 Å². The summed E-state index contributed by atoms with van der Waals surface area (Å²) >= 11 is 7.72. The van der Waals surface area contributed by atoms with Crippen LogP contribution in [-0.4, -0.2) is 21.3 Å². The van der Waals surface area contributed by atoms with Gasteiger partial charge in [-0.2, -0.15) is 4.98 Å². The Labute approximate surface area is 106 Å². The molecule has 5 heteroatoms. The molecule has 0 radical (unpaired) electrons. The van der Waals surface area contributed by atoms with Crippen LogP contribution in [0.1, 0.15) is 33.2 Å². The van der Waals surface area contributed by atoms with Gasteiger partial charge in [-0.15, -0.1) is 11.8 Å². The first-order chi connectivity index (χ1) is 8.22. The molecule has 1 N–H and O–H groups in total. The third-order valence-electron chi connectivity index (χ3n) is 3.19. The maximum absolute atomic E-state index is 7.66. The largest absolute Gasteiger partial charge is 0.364 e. The molecular weight excluding hydrogens is 242 g/mol. The highest BCUT2D eigenvalue weighted by Crippen LogP contribution is 2.40. The van der Waals surface area contributed by atoms with Gasteiger partial charge in [0.2, 0.25) is 5.28 Å². The quantitative estimate of drug-likeness (QED) is 0.825. The second kappa shape index (κ2) is 3.77. The van der Waals surface area contributed by atoms with Crippen molar-refractivity contribution in [2.45, 2.75) is 43.0 Å². The number of anilines is 1. The normalized spacial score (nSPS) is 22.2. The van der Waals surface area contributed by atoms with Crippen LogP contribution in [-0.2, 0) is 6.42 Å². The molecule has 3 nitrogen and oxygen atoms in total. The van der Waals surface area contributed by atoms with E-state index in [2.05, 4.69) is 15.3 Å². The van der Waals surface area contributed by atoms with Crippen LogP contribution in [0.5, 0.6) is 0 Å². The Morgan fingerprint density at radius 3 is 3.06 bits per heavy atom. The maximum Gasteiger partial charge on any atom is 0.224 e. The van der Waals surface area contributed by atoms with E-state index in [-0.39, 0.29) is 5.54 Å². The number of hydrogen-bond acceptors (Lipinski definition) is 4. The molecule has 0 saturated heterocycles. The minimum absolute atomic E-state index is 0.0748. The summed E-state index contributed by atoms with van der Waals surface area (Å²) in [5, 5.41) is 3.75. The van der Waals surface area contributed by atoms with Gasteiger partial charge >= 0.3 is 0 Å². The molecule has 0 atom stereocenters. The van der Waals surface area contributed by atoms with E-state index in [1.54, 1.807) is 11.8 Å². The molecule has 3 rings (SSSR count). The maximum atomic E-state index is 7.66. The number of aryl methyl sites for hydroxylation is 1. The van der Waals surface area contributed by atoms with Gasteiger partial charge in [0.25, 0.3) is 0 Å². The third kappa shape index (κ3) is 1.78. The van der Waals surface area contributed by atoms with Crippen LogP contribution in [0.4, 0.5) is 5.82 Å². The highest BCUT2D eigenvalue weighted by atomic mass is 35.5. The molecule has 0 spiro atoms. The van der Waals surface area contributed by atoms with Gasteiger partial charge < -0.3 is 5.32 Å². The summed E-state index contributed by atoms with van der Waals surface area (Å²) in [4.78, 5) is 9.69. The van der Waals surface area contributed by atoms with Gasteiger partial charge in [0.05, 0.1) is 10.6 Å². The van der Waals surface area contributed by atoms with Crippen molar-refractivity contribution in [1.82, 2.24) is 9.97 Å². The van der Waals surface area contributed by atoms with Gasteiger partial charge in [-0.3, -0.25) is 0 Å². The zero-order valence-corrected chi connectivity index (χ0v) is 10.5. The summed E-state index contributed by atoms with van der Waals surface area (Å²) < 4.78 is 7.66. The number of halogens is 1. The van der Waals surface area contributed by atoms with Crippen molar-refractivity contribution in [3.63, 3.8) is 0 Å². The number of aromatic nitrogens is 2. The summed E-state index contributed by atoms with van der Waals surface area (Å²) in [7, 11) is 0. The standard InChI is InChI=1S/C11H14ClN3S/c1-11(4-2-5-11)15-9-8-7(3-6-16-8)13-10(12)14-9/h2-6H2,1H3,(H,13,14,15)/i1D. The number of rotatable bonds is 2. The molecule has 1 aromatic rings. The van der Waals surface area contributed by atoms with Crippen molar-refractivity contribution < 1.29 is 1.37 Å². The molecule has 1 aromatic heterocycles. The number of nitrogens with zero attached hydrogens (tertiary/aromatic N) is 2. The van der Waals surface area contributed by atoms with Crippen molar-refractivity contribution in [1.29, 1.82) is 0 Å². The summed E-state index contributed by atoms with van der Waals surface area (Å²) in [6, 6.07) is 0. The zero-order chi connectivity index (χ0) is 11.9. The van der Waals surface area contributed by atoms with E-state index in [1.165, 1.54) is 6.42 Å². The molecule has 0 unspecified atom stereocenters. The van der Waals surface area contributed by atoms with E-state index in [0.29, 0.717) is 12.2 Å². The molecule has 0 bridgehead atoms. The Bertz CT molecular complexity index is 445. The van der Waals surface area contributed by atoms with Gasteiger partial charge in [-0.1, -0.05) is 0 Å². The number of thioether (sulfide) groups is 1. The van der Waals surface area contributed by atoms with Crippen LogP contribution >= 0.6 is 23.4 Å². The fourth-order valence-corrected chi connectivity index (χ4v) is 3.34. The lowest BCUT2D eigenvalue weighted by atomic mass is 9.78. The summed E-state index contributed by atoms with van der Waals surface area (Å²) in [5.74, 6) is 1.89. The topological polar surface area (TPSA) is 37.8 Å². The average molecular weight is 257 g/mol. The van der Waals surface area contributed by atoms with E-state index in [4.69, 9.17) is 13.0 Å². The van der Waals surface area contributed by atoms with Crippen molar-refractivity contribution in [3.05, 3.63) is 11.0 Å². The number of nitrogens with one attached hydrogen (secondary N) is 1. The van der Waals surface area contributed by atoms with E-state index >= 15 is 0 Å². The molecule has 1 aliphatic carbocycles. The van der Waals surface area contributed by atoms with E-state index in [9.17, 15) is 0 Å². The Balaban J connectivity index is 1.92. The van der Waals surface area contributed by atoms with Crippen LogP contribution in [0.3, 0.4) is 0 Å². The molecule has 1 fully saturated rings. The lowest BCUT2D eigenvalue weighted by Gasteiger charge is -2.39. The molecule has 86 valence electrons. The van der Waals surface area contributed by atoms with E-state index in [0.717, 1.165) is 41.4 Å². The Hall–Kier alpha value is -0.480. The zero-order valence-electron chi connectivity index (χ0n) is 9.92. The first-order valence-electron chi connectivity index (χ1n) is 6.20. The van der Waals surface area contributed by atoms with Gasteiger partial charge in [0.1, 0.15) is 5.82 Å². The molecule has 2 heterocycles. The number of hydrogen-bond donors (Lipinski definition) is 1. The Morgan fingerprint density at radius 2 is 2.38 bits per heavy atom. The molecule has 1 aliphatic heterocycles. The monoisotopic (exact) mass is 256 g/mol. The third-order valence-corrected chi connectivity index (χ3v) is 4.48. The molecule has 16 heavy (non-hydrogen) atoms. The van der Waals surface area contributed by atoms with Crippen molar-refractivity contribution in [2.24, 2.45) is 0 Å². The van der Waals surface area contributed by atoms with Gasteiger partial charge in [0.15, 0.2) is 0 Å². The van der Waals surface area contributed by atoms with Crippen molar-refractivity contribution in [3.8, 4) is 0 Å². The first-order valence-corrected chi connectivity index (χ1v) is 6.85. The smallest absolute Gasteiger partial charge is 0.224 e. The van der Waals surface area contributed by atoms with Crippen LogP contribution < -0.4 is 5.32 Å². The predicted molar refractivity (Wildman–Crippen MR) is 67.3 cm³/mol.